The first kappa shape index (κ1) is 9.65. The Labute approximate surface area is 62.4 Å². The summed E-state index contributed by atoms with van der Waals surface area (Å²) in [4.78, 5) is 0.387. The van der Waals surface area contributed by atoms with Crippen molar-refractivity contribution in [2.24, 2.45) is 0 Å². The molecule has 10 heavy (non-hydrogen) atoms. The van der Waals surface area contributed by atoms with Gasteiger partial charge in [0.15, 0.2) is 0 Å². The molecule has 0 amide bonds. The zero-order chi connectivity index (χ0) is 8.36. The van der Waals surface area contributed by atoms with Crippen molar-refractivity contribution in [1.82, 2.24) is 4.31 Å². The van der Waals surface area contributed by atoms with Crippen LogP contribution in [0.5, 0.6) is 0 Å². The molecule has 0 atom stereocenters. The molecule has 0 heterocycles. The molecule has 0 aliphatic rings. The fraction of sp³-hybridized carbons (Fsp3) is 0.667. The fourth-order valence-electron chi connectivity index (χ4n) is 0.437. The molecule has 0 saturated carbocycles. The second-order valence-corrected chi connectivity index (χ2v) is 4.51. The summed E-state index contributed by atoms with van der Waals surface area (Å²) in [6, 6.07) is 0. The van der Waals surface area contributed by atoms with Crippen LogP contribution in [0, 0.1) is 0 Å². The van der Waals surface area contributed by atoms with Crippen molar-refractivity contribution in [3.8, 4) is 0 Å². The Bertz CT molecular complexity index is 226. The summed E-state index contributed by atoms with van der Waals surface area (Å²) in [6.07, 6.45) is 1.58. The Kier molecular flexibility index (Phi) is 3.05. The van der Waals surface area contributed by atoms with E-state index in [2.05, 4.69) is 0 Å². The van der Waals surface area contributed by atoms with Crippen molar-refractivity contribution < 1.29 is 8.42 Å². The number of allylic oxidation sites excluding steroid dienone is 2. The van der Waals surface area contributed by atoms with Gasteiger partial charge >= 0.3 is 0 Å². The minimum Gasteiger partial charge on any atom is -0.207 e. The van der Waals surface area contributed by atoms with E-state index < -0.39 is 10.0 Å². The molecule has 0 fully saturated rings. The minimum atomic E-state index is -3.13. The molecule has 0 aromatic heterocycles. The van der Waals surface area contributed by atoms with Gasteiger partial charge in [-0.15, -0.1) is 0 Å². The number of hydrogen-bond donors (Lipinski definition) is 0. The zero-order valence-electron chi connectivity index (χ0n) is 6.75. The molecule has 0 radical (unpaired) electrons. The normalized spacial score (nSPS) is 14.3. The molecule has 0 aliphatic carbocycles. The van der Waals surface area contributed by atoms with Gasteiger partial charge in [0.2, 0.25) is 10.0 Å². The van der Waals surface area contributed by atoms with E-state index in [4.69, 9.17) is 0 Å². The highest BCUT2D eigenvalue weighted by Crippen LogP contribution is 2.07. The lowest BCUT2D eigenvalue weighted by Crippen LogP contribution is -2.22. The van der Waals surface area contributed by atoms with Crippen LogP contribution in [0.2, 0.25) is 0 Å². The molecule has 0 bridgehead atoms. The van der Waals surface area contributed by atoms with Gasteiger partial charge in [-0.25, -0.2) is 12.7 Å². The van der Waals surface area contributed by atoms with Gasteiger partial charge in [0.05, 0.1) is 4.91 Å². The summed E-state index contributed by atoms with van der Waals surface area (Å²) in [6.45, 7) is 3.28. The first-order valence-corrected chi connectivity index (χ1v) is 4.42. The van der Waals surface area contributed by atoms with Crippen molar-refractivity contribution in [2.45, 2.75) is 13.8 Å². The van der Waals surface area contributed by atoms with E-state index in [0.717, 1.165) is 0 Å². The van der Waals surface area contributed by atoms with Gasteiger partial charge in [-0.3, -0.25) is 0 Å². The molecule has 0 aliphatic heterocycles. The SMILES string of the molecule is CC=C(C)S(=O)(=O)N(C)C. The highest BCUT2D eigenvalue weighted by Gasteiger charge is 2.14. The van der Waals surface area contributed by atoms with Gasteiger partial charge in [0.25, 0.3) is 0 Å². The summed E-state index contributed by atoms with van der Waals surface area (Å²) in [5, 5.41) is 0. The highest BCUT2D eigenvalue weighted by atomic mass is 32.2. The minimum absolute atomic E-state index is 0.387. The molecule has 0 aromatic carbocycles. The van der Waals surface area contributed by atoms with Crippen LogP contribution in [0.15, 0.2) is 11.0 Å². The lowest BCUT2D eigenvalue weighted by atomic mass is 10.6. The molecule has 0 rings (SSSR count). The topological polar surface area (TPSA) is 37.4 Å². The lowest BCUT2D eigenvalue weighted by molar-refractivity contribution is 0.528. The van der Waals surface area contributed by atoms with Crippen molar-refractivity contribution in [3.63, 3.8) is 0 Å². The van der Waals surface area contributed by atoms with Gasteiger partial charge in [0.1, 0.15) is 0 Å². The van der Waals surface area contributed by atoms with E-state index in [1.807, 2.05) is 0 Å². The Morgan fingerprint density at radius 2 is 1.80 bits per heavy atom. The van der Waals surface area contributed by atoms with E-state index in [1.54, 1.807) is 19.9 Å². The summed E-state index contributed by atoms with van der Waals surface area (Å²) < 4.78 is 23.4. The average Bonchev–Trinajstić information content (AvgIpc) is 1.86. The van der Waals surface area contributed by atoms with E-state index >= 15 is 0 Å². The maximum Gasteiger partial charge on any atom is 0.238 e. The Hall–Kier alpha value is -0.350. The second-order valence-electron chi connectivity index (χ2n) is 2.19. The van der Waals surface area contributed by atoms with Gasteiger partial charge in [-0.05, 0) is 13.8 Å². The lowest BCUT2D eigenvalue weighted by Gasteiger charge is -2.10. The largest absolute Gasteiger partial charge is 0.238 e. The van der Waals surface area contributed by atoms with Gasteiger partial charge < -0.3 is 0 Å². The van der Waals surface area contributed by atoms with Crippen LogP contribution < -0.4 is 0 Å². The third-order valence-corrected chi connectivity index (χ3v) is 3.31. The Balaban J connectivity index is 4.78. The smallest absolute Gasteiger partial charge is 0.207 e. The van der Waals surface area contributed by atoms with E-state index in [9.17, 15) is 8.42 Å². The molecule has 4 heteroatoms. The van der Waals surface area contributed by atoms with Crippen molar-refractivity contribution in [2.75, 3.05) is 14.1 Å². The number of rotatable bonds is 2. The van der Waals surface area contributed by atoms with Crippen LogP contribution in [-0.4, -0.2) is 26.8 Å². The quantitative estimate of drug-likeness (QED) is 0.604. The average molecular weight is 163 g/mol. The van der Waals surface area contributed by atoms with E-state index in [1.165, 1.54) is 18.4 Å². The number of nitrogens with zero attached hydrogens (tertiary/aromatic N) is 1. The molecule has 0 saturated heterocycles. The summed E-state index contributed by atoms with van der Waals surface area (Å²) in [5.74, 6) is 0. The Morgan fingerprint density at radius 3 is 1.90 bits per heavy atom. The predicted octanol–water partition coefficient (Wildman–Crippen LogP) is 0.802. The van der Waals surface area contributed by atoms with E-state index in [-0.39, 0.29) is 0 Å². The zero-order valence-corrected chi connectivity index (χ0v) is 7.57. The first-order valence-electron chi connectivity index (χ1n) is 2.98. The molecular formula is C6H13NO2S. The van der Waals surface area contributed by atoms with Gasteiger partial charge in [0, 0.05) is 14.1 Å². The third-order valence-electron chi connectivity index (χ3n) is 1.29. The molecule has 0 spiro atoms. The third kappa shape index (κ3) is 1.82. The second kappa shape index (κ2) is 3.16. The van der Waals surface area contributed by atoms with Crippen molar-refractivity contribution >= 4 is 10.0 Å². The maximum atomic E-state index is 11.1. The van der Waals surface area contributed by atoms with Crippen LogP contribution in [-0.2, 0) is 10.0 Å². The highest BCUT2D eigenvalue weighted by molar-refractivity contribution is 7.92. The summed E-state index contributed by atoms with van der Waals surface area (Å²) >= 11 is 0. The summed E-state index contributed by atoms with van der Waals surface area (Å²) in [7, 11) is -0.100. The predicted molar refractivity (Wildman–Crippen MR) is 42.0 cm³/mol. The molecular weight excluding hydrogens is 150 g/mol. The van der Waals surface area contributed by atoms with E-state index in [0.29, 0.717) is 4.91 Å². The standard InChI is InChI=1S/C6H13NO2S/c1-5-6(2)10(8,9)7(3)4/h5H,1-4H3. The van der Waals surface area contributed by atoms with Crippen molar-refractivity contribution in [3.05, 3.63) is 11.0 Å². The van der Waals surface area contributed by atoms with Gasteiger partial charge in [-0.2, -0.15) is 0 Å². The molecule has 0 aromatic rings. The van der Waals surface area contributed by atoms with Crippen LogP contribution in [0.1, 0.15) is 13.8 Å². The molecule has 60 valence electrons. The molecule has 0 N–H and O–H groups in total. The number of sulfonamides is 1. The first-order chi connectivity index (χ1) is 4.42. The Morgan fingerprint density at radius 1 is 1.40 bits per heavy atom. The van der Waals surface area contributed by atoms with Crippen LogP contribution in [0.25, 0.3) is 0 Å². The molecule has 0 unspecified atom stereocenters. The fourth-order valence-corrected chi connectivity index (χ4v) is 1.31. The van der Waals surface area contributed by atoms with Crippen LogP contribution in [0.3, 0.4) is 0 Å². The van der Waals surface area contributed by atoms with Crippen LogP contribution >= 0.6 is 0 Å². The van der Waals surface area contributed by atoms with Crippen molar-refractivity contribution in [1.29, 1.82) is 0 Å². The summed E-state index contributed by atoms with van der Waals surface area (Å²) in [5.41, 5.74) is 0. The maximum absolute atomic E-state index is 11.1. The van der Waals surface area contributed by atoms with Crippen LogP contribution in [0.4, 0.5) is 0 Å². The monoisotopic (exact) mass is 163 g/mol. The van der Waals surface area contributed by atoms with Gasteiger partial charge in [-0.1, -0.05) is 6.08 Å². The molecule has 3 nitrogen and oxygen atoms in total. The number of hydrogen-bond acceptors (Lipinski definition) is 2.